The zero-order valence-electron chi connectivity index (χ0n) is 14.4. The maximum Gasteiger partial charge on any atom is 0.188 e. The van der Waals surface area contributed by atoms with Gasteiger partial charge in [0.05, 0.1) is 0 Å². The van der Waals surface area contributed by atoms with Crippen molar-refractivity contribution in [3.63, 3.8) is 0 Å². The number of aliphatic hydroxyl groups is 1. The molecule has 2 nitrogen and oxygen atoms in total. The summed E-state index contributed by atoms with van der Waals surface area (Å²) in [6.45, 7) is 0. The van der Waals surface area contributed by atoms with Crippen molar-refractivity contribution in [1.29, 1.82) is 0 Å². The highest BCUT2D eigenvalue weighted by Gasteiger charge is 2.19. The number of hydrogen-bond donors (Lipinski definition) is 1. The van der Waals surface area contributed by atoms with Gasteiger partial charge in [-0.1, -0.05) is 60.1 Å². The van der Waals surface area contributed by atoms with Gasteiger partial charge in [-0.25, -0.2) is 0 Å². The minimum Gasteiger partial charge on any atom is -0.380 e. The van der Waals surface area contributed by atoms with Crippen molar-refractivity contribution in [2.45, 2.75) is 12.5 Å². The zero-order chi connectivity index (χ0) is 18.8. The average molecular weight is 393 g/mol. The average Bonchev–Trinajstić information content (AvgIpc) is 3.10. The summed E-state index contributed by atoms with van der Waals surface area (Å²) < 4.78 is 1.00. The second-order valence-electron chi connectivity index (χ2n) is 6.42. The van der Waals surface area contributed by atoms with E-state index in [-0.39, 0.29) is 5.78 Å². The number of fused-ring (bicyclic) bond motifs is 2. The molecule has 4 heteroatoms. The standard InChI is InChI=1S/C23H17ClO2S/c24-18-10-11-22-19(13-18)20(14-27-22)23(26)21(25)7-3-4-15-8-9-16-5-1-2-6-17(16)12-15/h1-3,5-14,23,26H,4H2/b7-3+. The molecular formula is C23H17ClO2S. The Kier molecular flexibility index (Phi) is 5.08. The van der Waals surface area contributed by atoms with Crippen LogP contribution in [0.2, 0.25) is 5.02 Å². The highest BCUT2D eigenvalue weighted by atomic mass is 35.5. The quantitative estimate of drug-likeness (QED) is 0.416. The molecule has 0 aliphatic heterocycles. The summed E-state index contributed by atoms with van der Waals surface area (Å²) in [6.07, 6.45) is 2.73. The van der Waals surface area contributed by atoms with Gasteiger partial charge in [0.2, 0.25) is 0 Å². The summed E-state index contributed by atoms with van der Waals surface area (Å²) in [6, 6.07) is 19.9. The molecule has 134 valence electrons. The number of ketones is 1. The molecule has 0 amide bonds. The largest absolute Gasteiger partial charge is 0.380 e. The minimum absolute atomic E-state index is 0.324. The number of aliphatic hydroxyl groups excluding tert-OH is 1. The molecular weight excluding hydrogens is 376 g/mol. The van der Waals surface area contributed by atoms with E-state index in [9.17, 15) is 9.90 Å². The molecule has 0 fully saturated rings. The van der Waals surface area contributed by atoms with E-state index in [1.807, 2.05) is 29.6 Å². The third-order valence-corrected chi connectivity index (χ3v) is 5.80. The molecule has 0 radical (unpaired) electrons. The van der Waals surface area contributed by atoms with Gasteiger partial charge in [0, 0.05) is 20.7 Å². The van der Waals surface area contributed by atoms with Crippen LogP contribution >= 0.6 is 22.9 Å². The number of benzene rings is 3. The van der Waals surface area contributed by atoms with Crippen molar-refractivity contribution in [1.82, 2.24) is 0 Å². The van der Waals surface area contributed by atoms with E-state index in [2.05, 4.69) is 30.3 Å². The van der Waals surface area contributed by atoms with Gasteiger partial charge in [-0.3, -0.25) is 4.79 Å². The Bertz CT molecular complexity index is 1160. The molecule has 1 heterocycles. The lowest BCUT2D eigenvalue weighted by atomic mass is 10.0. The van der Waals surface area contributed by atoms with Gasteiger partial charge < -0.3 is 5.11 Å². The van der Waals surface area contributed by atoms with E-state index in [0.29, 0.717) is 17.0 Å². The first kappa shape index (κ1) is 17.9. The Hall–Kier alpha value is -2.46. The van der Waals surface area contributed by atoms with E-state index in [0.717, 1.165) is 15.6 Å². The van der Waals surface area contributed by atoms with Gasteiger partial charge in [0.15, 0.2) is 5.78 Å². The summed E-state index contributed by atoms with van der Waals surface area (Å²) in [5.74, 6) is -0.324. The molecule has 0 saturated heterocycles. The SMILES string of the molecule is O=C(/C=C/Cc1ccc2ccccc2c1)C(O)c1csc2ccc(Cl)cc12. The van der Waals surface area contributed by atoms with Crippen molar-refractivity contribution >= 4 is 49.6 Å². The molecule has 0 saturated carbocycles. The number of allylic oxidation sites excluding steroid dienone is 1. The predicted octanol–water partition coefficient (Wildman–Crippen LogP) is 6.11. The van der Waals surface area contributed by atoms with Crippen LogP contribution in [0.3, 0.4) is 0 Å². The number of carbonyl (C=O) groups is 1. The summed E-state index contributed by atoms with van der Waals surface area (Å²) in [7, 11) is 0. The number of thiophene rings is 1. The van der Waals surface area contributed by atoms with Crippen molar-refractivity contribution in [2.24, 2.45) is 0 Å². The van der Waals surface area contributed by atoms with Gasteiger partial charge in [0.1, 0.15) is 6.10 Å². The minimum atomic E-state index is -1.18. The maximum absolute atomic E-state index is 12.4. The van der Waals surface area contributed by atoms with Crippen LogP contribution in [0.5, 0.6) is 0 Å². The predicted molar refractivity (Wildman–Crippen MR) is 114 cm³/mol. The molecule has 0 bridgehead atoms. The molecule has 1 N–H and O–H groups in total. The first-order valence-electron chi connectivity index (χ1n) is 8.64. The van der Waals surface area contributed by atoms with Crippen LogP contribution in [-0.4, -0.2) is 10.9 Å². The Balaban J connectivity index is 1.49. The Labute approximate surface area is 166 Å². The highest BCUT2D eigenvalue weighted by molar-refractivity contribution is 7.17. The molecule has 27 heavy (non-hydrogen) atoms. The lowest BCUT2D eigenvalue weighted by Crippen LogP contribution is -2.08. The van der Waals surface area contributed by atoms with E-state index >= 15 is 0 Å². The monoisotopic (exact) mass is 392 g/mol. The Morgan fingerprint density at radius 2 is 1.89 bits per heavy atom. The van der Waals surface area contributed by atoms with Crippen LogP contribution in [0.4, 0.5) is 0 Å². The third-order valence-electron chi connectivity index (χ3n) is 4.58. The van der Waals surface area contributed by atoms with E-state index in [1.165, 1.54) is 28.2 Å². The van der Waals surface area contributed by atoms with E-state index in [1.54, 1.807) is 12.1 Å². The van der Waals surface area contributed by atoms with E-state index in [4.69, 9.17) is 11.6 Å². The lowest BCUT2D eigenvalue weighted by Gasteiger charge is -2.06. The number of hydrogen-bond acceptors (Lipinski definition) is 3. The summed E-state index contributed by atoms with van der Waals surface area (Å²) in [4.78, 5) is 12.4. The van der Waals surface area contributed by atoms with Gasteiger partial charge in [-0.2, -0.15) is 0 Å². The second kappa shape index (κ2) is 7.65. The summed E-state index contributed by atoms with van der Waals surface area (Å²) >= 11 is 7.54. The van der Waals surface area contributed by atoms with Crippen molar-refractivity contribution in [3.05, 3.63) is 94.3 Å². The Morgan fingerprint density at radius 3 is 2.74 bits per heavy atom. The zero-order valence-corrected chi connectivity index (χ0v) is 16.0. The topological polar surface area (TPSA) is 37.3 Å². The van der Waals surface area contributed by atoms with Crippen LogP contribution in [-0.2, 0) is 11.2 Å². The normalized spacial score (nSPS) is 12.8. The second-order valence-corrected chi connectivity index (χ2v) is 7.77. The number of carbonyl (C=O) groups excluding carboxylic acids is 1. The first-order valence-corrected chi connectivity index (χ1v) is 9.90. The molecule has 3 aromatic carbocycles. The summed E-state index contributed by atoms with van der Waals surface area (Å²) in [5, 5.41) is 16.1. The van der Waals surface area contributed by atoms with Gasteiger partial charge >= 0.3 is 0 Å². The molecule has 1 atom stereocenters. The molecule has 0 aliphatic carbocycles. The van der Waals surface area contributed by atoms with Crippen molar-refractivity contribution in [3.8, 4) is 0 Å². The van der Waals surface area contributed by atoms with Crippen LogP contribution in [0.1, 0.15) is 17.2 Å². The number of halogens is 1. The maximum atomic E-state index is 12.4. The molecule has 1 aromatic heterocycles. The molecule has 4 rings (SSSR count). The van der Waals surface area contributed by atoms with E-state index < -0.39 is 6.10 Å². The Morgan fingerprint density at radius 1 is 1.07 bits per heavy atom. The smallest absolute Gasteiger partial charge is 0.188 e. The fourth-order valence-electron chi connectivity index (χ4n) is 3.15. The van der Waals surface area contributed by atoms with Crippen LogP contribution < -0.4 is 0 Å². The highest BCUT2D eigenvalue weighted by Crippen LogP contribution is 2.32. The summed E-state index contributed by atoms with van der Waals surface area (Å²) in [5.41, 5.74) is 1.73. The van der Waals surface area contributed by atoms with Crippen LogP contribution in [0.25, 0.3) is 20.9 Å². The molecule has 0 spiro atoms. The van der Waals surface area contributed by atoms with Gasteiger partial charge in [-0.15, -0.1) is 11.3 Å². The molecule has 1 unspecified atom stereocenters. The molecule has 0 aliphatic rings. The van der Waals surface area contributed by atoms with Gasteiger partial charge in [0.25, 0.3) is 0 Å². The lowest BCUT2D eigenvalue weighted by molar-refractivity contribution is -0.122. The van der Waals surface area contributed by atoms with Crippen LogP contribution in [0, 0.1) is 0 Å². The van der Waals surface area contributed by atoms with Gasteiger partial charge in [-0.05, 0) is 52.4 Å². The fraction of sp³-hybridized carbons (Fsp3) is 0.0870. The first-order chi connectivity index (χ1) is 13.1. The third kappa shape index (κ3) is 3.81. The fourth-order valence-corrected chi connectivity index (χ4v) is 4.29. The molecule has 4 aromatic rings. The van der Waals surface area contributed by atoms with Crippen molar-refractivity contribution in [2.75, 3.05) is 0 Å². The number of rotatable bonds is 5. The van der Waals surface area contributed by atoms with Crippen LogP contribution in [0.15, 0.2) is 78.2 Å². The van der Waals surface area contributed by atoms with Crippen molar-refractivity contribution < 1.29 is 9.90 Å².